The predicted octanol–water partition coefficient (Wildman–Crippen LogP) is 4.90. The maximum absolute atomic E-state index is 13.7. The van der Waals surface area contributed by atoms with E-state index in [0.717, 1.165) is 17.7 Å². The molecular formula is C38H27N3O7. The zero-order valence-corrected chi connectivity index (χ0v) is 25.4. The van der Waals surface area contributed by atoms with Gasteiger partial charge >= 0.3 is 0 Å². The topological polar surface area (TPSA) is 121 Å². The number of hydrogen-bond donors (Lipinski definition) is 0. The molecule has 10 nitrogen and oxygen atoms in total. The van der Waals surface area contributed by atoms with E-state index in [1.165, 1.54) is 28.0 Å². The molecule has 8 unspecified atom stereocenters. The number of allylic oxidation sites excluding steroid dienone is 4. The lowest BCUT2D eigenvalue weighted by atomic mass is 9.85. The van der Waals surface area contributed by atoms with Crippen LogP contribution in [0.1, 0.15) is 33.6 Å². The molecule has 3 aliphatic heterocycles. The van der Waals surface area contributed by atoms with Crippen molar-refractivity contribution in [2.45, 2.75) is 12.8 Å². The third-order valence-corrected chi connectivity index (χ3v) is 11.5. The Morgan fingerprint density at radius 3 is 1.44 bits per heavy atom. The number of amides is 6. The highest BCUT2D eigenvalue weighted by molar-refractivity contribution is 6.35. The molecule has 2 saturated carbocycles. The number of carbonyl (C=O) groups is 6. The summed E-state index contributed by atoms with van der Waals surface area (Å²) in [5, 5.41) is 0. The summed E-state index contributed by atoms with van der Waals surface area (Å²) in [6.45, 7) is 0. The van der Waals surface area contributed by atoms with Crippen molar-refractivity contribution in [2.24, 2.45) is 47.3 Å². The molecule has 4 aliphatic carbocycles. The van der Waals surface area contributed by atoms with Crippen molar-refractivity contribution in [3.8, 4) is 11.5 Å². The van der Waals surface area contributed by atoms with Crippen molar-refractivity contribution in [1.29, 1.82) is 0 Å². The second-order valence-corrected chi connectivity index (χ2v) is 13.8. The lowest BCUT2D eigenvalue weighted by Crippen LogP contribution is -2.33. The van der Waals surface area contributed by atoms with Gasteiger partial charge in [-0.15, -0.1) is 0 Å². The molecule has 0 aromatic heterocycles. The number of anilines is 3. The zero-order valence-electron chi connectivity index (χ0n) is 25.4. The summed E-state index contributed by atoms with van der Waals surface area (Å²) in [7, 11) is 0. The Morgan fingerprint density at radius 2 is 0.896 bits per heavy atom. The smallest absolute Gasteiger partial charge is 0.266 e. The van der Waals surface area contributed by atoms with Crippen molar-refractivity contribution < 1.29 is 33.5 Å². The lowest BCUT2D eigenvalue weighted by Gasteiger charge is -2.20. The molecule has 48 heavy (non-hydrogen) atoms. The number of rotatable bonds is 5. The van der Waals surface area contributed by atoms with Crippen LogP contribution in [0.15, 0.2) is 91.0 Å². The van der Waals surface area contributed by atoms with E-state index in [0.29, 0.717) is 22.9 Å². The molecule has 4 fully saturated rings. The minimum Gasteiger partial charge on any atom is -0.457 e. The Labute approximate surface area is 274 Å². The van der Waals surface area contributed by atoms with Crippen molar-refractivity contribution in [3.05, 3.63) is 102 Å². The fourth-order valence-corrected chi connectivity index (χ4v) is 9.42. The second-order valence-electron chi connectivity index (χ2n) is 13.8. The van der Waals surface area contributed by atoms with Crippen LogP contribution in [0.2, 0.25) is 0 Å². The van der Waals surface area contributed by atoms with Gasteiger partial charge in [-0.05, 0) is 85.0 Å². The van der Waals surface area contributed by atoms with Crippen LogP contribution in [0.25, 0.3) is 0 Å². The maximum atomic E-state index is 13.7. The monoisotopic (exact) mass is 637 g/mol. The molecule has 236 valence electrons. The molecule has 4 bridgehead atoms. The molecule has 7 aliphatic rings. The number of carbonyl (C=O) groups excluding carboxylic acids is 6. The van der Waals surface area contributed by atoms with Crippen LogP contribution in [0, 0.1) is 47.3 Å². The van der Waals surface area contributed by atoms with Gasteiger partial charge in [0.1, 0.15) is 11.5 Å². The van der Waals surface area contributed by atoms with Gasteiger partial charge in [0.25, 0.3) is 11.8 Å². The number of nitrogens with zero attached hydrogens (tertiary/aromatic N) is 3. The molecule has 6 amide bonds. The Kier molecular flexibility index (Phi) is 5.42. The number of hydrogen-bond acceptors (Lipinski definition) is 7. The first kappa shape index (κ1) is 27.5. The fourth-order valence-electron chi connectivity index (χ4n) is 9.42. The van der Waals surface area contributed by atoms with E-state index in [-0.39, 0.29) is 87.8 Å². The number of ether oxygens (including phenoxy) is 1. The highest BCUT2D eigenvalue weighted by Crippen LogP contribution is 2.54. The Hall–Kier alpha value is -5.64. The highest BCUT2D eigenvalue weighted by Gasteiger charge is 2.60. The van der Waals surface area contributed by atoms with Gasteiger partial charge in [0.2, 0.25) is 23.6 Å². The quantitative estimate of drug-likeness (QED) is 0.288. The third-order valence-electron chi connectivity index (χ3n) is 11.5. The van der Waals surface area contributed by atoms with E-state index in [1.54, 1.807) is 48.5 Å². The molecular weight excluding hydrogens is 610 g/mol. The van der Waals surface area contributed by atoms with Gasteiger partial charge in [0.05, 0.1) is 51.9 Å². The summed E-state index contributed by atoms with van der Waals surface area (Å²) < 4.78 is 6.09. The highest BCUT2D eigenvalue weighted by atomic mass is 16.5. The van der Waals surface area contributed by atoms with Crippen LogP contribution in [-0.2, 0) is 19.2 Å². The summed E-state index contributed by atoms with van der Waals surface area (Å²) in [5.74, 6) is -2.30. The molecule has 8 atom stereocenters. The van der Waals surface area contributed by atoms with Gasteiger partial charge in [-0.1, -0.05) is 36.4 Å². The number of benzene rings is 3. The number of fused-ring (bicyclic) bond motifs is 11. The van der Waals surface area contributed by atoms with Gasteiger partial charge in [-0.3, -0.25) is 28.8 Å². The van der Waals surface area contributed by atoms with E-state index in [2.05, 4.69) is 12.2 Å². The van der Waals surface area contributed by atoms with E-state index in [4.69, 9.17) is 4.74 Å². The first-order valence-electron chi connectivity index (χ1n) is 16.3. The standard InChI is InChI=1S/C38H27N3O7/c42-33-27-12-11-26(48-25-6-2-5-24(16-25)41-37(46)31-20-9-10-21(14-20)32(31)38(41)47)17-28(27)34(43)39(33)22-3-1-4-23(15-22)40-35(44)29-18-7-8-19(13-18)30(29)36(40)45/h1-12,15-21,29-32H,13-14H2. The van der Waals surface area contributed by atoms with Gasteiger partial charge < -0.3 is 4.74 Å². The zero-order chi connectivity index (χ0) is 32.6. The SMILES string of the molecule is O=C1c2ccc(Oc3cccc(N4C(=O)C5C6C=CC(C6)C5C4=O)c3)cc2C(=O)N1c1cccc(N2C(=O)C3C4C=CC(C4)C3C2=O)c1. The van der Waals surface area contributed by atoms with E-state index in [9.17, 15) is 28.8 Å². The number of imide groups is 3. The maximum Gasteiger partial charge on any atom is 0.266 e. The van der Waals surface area contributed by atoms with E-state index in [1.807, 2.05) is 12.2 Å². The molecule has 10 heteroatoms. The van der Waals surface area contributed by atoms with Crippen LogP contribution < -0.4 is 19.4 Å². The Bertz CT molecular complexity index is 2080. The Balaban J connectivity index is 0.898. The van der Waals surface area contributed by atoms with Gasteiger partial charge in [-0.2, -0.15) is 0 Å². The van der Waals surface area contributed by atoms with Gasteiger partial charge in [0.15, 0.2) is 0 Å². The van der Waals surface area contributed by atoms with Crippen molar-refractivity contribution in [1.82, 2.24) is 0 Å². The third kappa shape index (κ3) is 3.52. The summed E-state index contributed by atoms with van der Waals surface area (Å²) in [4.78, 5) is 84.1. The molecule has 2 saturated heterocycles. The molecule has 0 N–H and O–H groups in total. The van der Waals surface area contributed by atoms with Crippen LogP contribution in [0.5, 0.6) is 11.5 Å². The van der Waals surface area contributed by atoms with Crippen LogP contribution >= 0.6 is 0 Å². The molecule has 0 spiro atoms. The molecule has 10 rings (SSSR count). The molecule has 0 radical (unpaired) electrons. The predicted molar refractivity (Wildman–Crippen MR) is 171 cm³/mol. The molecule has 3 aromatic carbocycles. The summed E-state index contributed by atoms with van der Waals surface area (Å²) in [6.07, 6.45) is 9.85. The first-order valence-corrected chi connectivity index (χ1v) is 16.3. The summed E-state index contributed by atoms with van der Waals surface area (Å²) in [6, 6.07) is 17.7. The lowest BCUT2D eigenvalue weighted by molar-refractivity contribution is -0.124. The van der Waals surface area contributed by atoms with Crippen LogP contribution in [-0.4, -0.2) is 35.4 Å². The summed E-state index contributed by atoms with van der Waals surface area (Å²) >= 11 is 0. The minimum absolute atomic E-state index is 0.0669. The van der Waals surface area contributed by atoms with Crippen molar-refractivity contribution >= 4 is 52.5 Å². The van der Waals surface area contributed by atoms with Crippen molar-refractivity contribution in [3.63, 3.8) is 0 Å². The average Bonchev–Trinajstić information content (AvgIpc) is 3.95. The van der Waals surface area contributed by atoms with E-state index >= 15 is 0 Å². The summed E-state index contributed by atoms with van der Waals surface area (Å²) in [5.41, 5.74) is 1.35. The van der Waals surface area contributed by atoms with Gasteiger partial charge in [0, 0.05) is 6.07 Å². The average molecular weight is 638 g/mol. The molecule has 3 heterocycles. The second kappa shape index (κ2) is 9.47. The van der Waals surface area contributed by atoms with Crippen molar-refractivity contribution in [2.75, 3.05) is 14.7 Å². The normalized spacial score (nSPS) is 32.0. The fraction of sp³-hybridized carbons (Fsp3) is 0.263. The van der Waals surface area contributed by atoms with E-state index < -0.39 is 11.8 Å². The molecule has 3 aromatic rings. The Morgan fingerprint density at radius 1 is 0.458 bits per heavy atom. The minimum atomic E-state index is -0.562. The van der Waals surface area contributed by atoms with Crippen LogP contribution in [0.4, 0.5) is 17.1 Å². The van der Waals surface area contributed by atoms with Gasteiger partial charge in [-0.25, -0.2) is 14.7 Å². The first-order chi connectivity index (χ1) is 23.3. The van der Waals surface area contributed by atoms with Crippen LogP contribution in [0.3, 0.4) is 0 Å². The largest absolute Gasteiger partial charge is 0.457 e.